The fraction of sp³-hybridized carbons (Fsp3) is 0.381. The first kappa shape index (κ1) is 19.8. The van der Waals surface area contributed by atoms with Crippen LogP contribution in [-0.2, 0) is 11.2 Å². The van der Waals surface area contributed by atoms with E-state index >= 15 is 0 Å². The molecule has 0 saturated carbocycles. The van der Waals surface area contributed by atoms with Crippen LogP contribution in [0.25, 0.3) is 0 Å². The maximum atomic E-state index is 12.1. The Morgan fingerprint density at radius 1 is 1.04 bits per heavy atom. The molecule has 0 unspecified atom stereocenters. The fourth-order valence-corrected chi connectivity index (χ4v) is 2.48. The molecule has 0 aliphatic rings. The summed E-state index contributed by atoms with van der Waals surface area (Å²) in [5, 5.41) is 2.83. The lowest BCUT2D eigenvalue weighted by Gasteiger charge is -2.12. The smallest absolute Gasteiger partial charge is 0.262 e. The van der Waals surface area contributed by atoms with E-state index < -0.39 is 0 Å². The molecule has 5 heteroatoms. The minimum atomic E-state index is -0.185. The number of nitrogens with one attached hydrogen (secondary N) is 1. The summed E-state index contributed by atoms with van der Waals surface area (Å²) in [7, 11) is 4.09. The zero-order valence-electron chi connectivity index (χ0n) is 15.8. The van der Waals surface area contributed by atoms with E-state index in [1.165, 1.54) is 0 Å². The number of anilines is 1. The molecule has 2 aromatic carbocycles. The third kappa shape index (κ3) is 6.76. The number of carbonyl (C=O) groups is 1. The van der Waals surface area contributed by atoms with Gasteiger partial charge in [0, 0.05) is 12.2 Å². The first-order valence-electron chi connectivity index (χ1n) is 8.96. The van der Waals surface area contributed by atoms with Gasteiger partial charge in [-0.2, -0.15) is 0 Å². The summed E-state index contributed by atoms with van der Waals surface area (Å²) in [5.74, 6) is 1.37. The van der Waals surface area contributed by atoms with Crippen molar-refractivity contribution in [2.75, 3.05) is 39.2 Å². The van der Waals surface area contributed by atoms with E-state index in [9.17, 15) is 4.79 Å². The molecule has 1 N–H and O–H groups in total. The quantitative estimate of drug-likeness (QED) is 0.661. The molecule has 2 aromatic rings. The Morgan fingerprint density at radius 3 is 2.46 bits per heavy atom. The fourth-order valence-electron chi connectivity index (χ4n) is 2.48. The second kappa shape index (κ2) is 10.5. The van der Waals surface area contributed by atoms with Crippen molar-refractivity contribution in [1.29, 1.82) is 0 Å². The number of hydrogen-bond donors (Lipinski definition) is 1. The molecule has 0 fully saturated rings. The Balaban J connectivity index is 1.76. The topological polar surface area (TPSA) is 50.8 Å². The summed E-state index contributed by atoms with van der Waals surface area (Å²) < 4.78 is 11.3. The zero-order chi connectivity index (χ0) is 18.8. The van der Waals surface area contributed by atoms with Gasteiger partial charge in [0.1, 0.15) is 11.5 Å². The second-order valence-electron chi connectivity index (χ2n) is 6.33. The maximum Gasteiger partial charge on any atom is 0.262 e. The van der Waals surface area contributed by atoms with Crippen molar-refractivity contribution in [3.63, 3.8) is 0 Å². The van der Waals surface area contributed by atoms with E-state index in [1.54, 1.807) is 0 Å². The van der Waals surface area contributed by atoms with Gasteiger partial charge < -0.3 is 19.7 Å². The lowest BCUT2D eigenvalue weighted by Crippen LogP contribution is -2.20. The van der Waals surface area contributed by atoms with Crippen LogP contribution in [0, 0.1) is 0 Å². The van der Waals surface area contributed by atoms with E-state index in [0.29, 0.717) is 6.61 Å². The molecular formula is C21H28N2O3. The van der Waals surface area contributed by atoms with Crippen LogP contribution in [0.5, 0.6) is 11.5 Å². The molecule has 0 aromatic heterocycles. The summed E-state index contributed by atoms with van der Waals surface area (Å²) in [6.45, 7) is 3.72. The van der Waals surface area contributed by atoms with Crippen LogP contribution < -0.4 is 14.8 Å². The van der Waals surface area contributed by atoms with E-state index in [2.05, 4.69) is 17.1 Å². The van der Waals surface area contributed by atoms with Crippen LogP contribution in [0.2, 0.25) is 0 Å². The van der Waals surface area contributed by atoms with Crippen molar-refractivity contribution >= 4 is 11.6 Å². The molecule has 0 aliphatic carbocycles. The highest BCUT2D eigenvalue weighted by molar-refractivity contribution is 5.91. The van der Waals surface area contributed by atoms with E-state index in [1.807, 2.05) is 62.6 Å². The van der Waals surface area contributed by atoms with E-state index in [0.717, 1.165) is 42.1 Å². The van der Waals surface area contributed by atoms with Gasteiger partial charge in [0.15, 0.2) is 6.61 Å². The largest absolute Gasteiger partial charge is 0.494 e. The van der Waals surface area contributed by atoms with E-state index in [-0.39, 0.29) is 12.5 Å². The average molecular weight is 356 g/mol. The molecular weight excluding hydrogens is 328 g/mol. The van der Waals surface area contributed by atoms with Gasteiger partial charge in [-0.25, -0.2) is 0 Å². The molecule has 0 heterocycles. The normalized spacial score (nSPS) is 10.6. The van der Waals surface area contributed by atoms with Crippen LogP contribution in [0.3, 0.4) is 0 Å². The number of hydrogen-bond acceptors (Lipinski definition) is 4. The van der Waals surface area contributed by atoms with Gasteiger partial charge in [0.2, 0.25) is 0 Å². The average Bonchev–Trinajstić information content (AvgIpc) is 2.65. The summed E-state index contributed by atoms with van der Waals surface area (Å²) in [6.07, 6.45) is 1.84. The number of rotatable bonds is 10. The summed E-state index contributed by atoms with van der Waals surface area (Å²) in [6, 6.07) is 15.1. The monoisotopic (exact) mass is 356 g/mol. The number of carbonyl (C=O) groups excluding carboxylic acids is 1. The first-order chi connectivity index (χ1) is 12.6. The summed E-state index contributed by atoms with van der Waals surface area (Å²) in [5.41, 5.74) is 1.82. The number of nitrogens with zero attached hydrogens (tertiary/aromatic N) is 1. The first-order valence-corrected chi connectivity index (χ1v) is 8.96. The lowest BCUT2D eigenvalue weighted by molar-refractivity contribution is -0.118. The maximum absolute atomic E-state index is 12.1. The molecule has 140 valence electrons. The standard InChI is InChI=1S/C21H28N2O3/c1-4-17-8-5-6-9-20(17)26-16-21(24)22-18-10-12-19(13-11-18)25-15-7-14-23(2)3/h5-6,8-13H,4,7,14-16H2,1-3H3,(H,22,24). The van der Waals surface area contributed by atoms with Gasteiger partial charge >= 0.3 is 0 Å². The molecule has 0 radical (unpaired) electrons. The molecule has 5 nitrogen and oxygen atoms in total. The third-order valence-corrected chi connectivity index (χ3v) is 3.87. The van der Waals surface area contributed by atoms with Gasteiger partial charge in [-0.15, -0.1) is 0 Å². The number of benzene rings is 2. The van der Waals surface area contributed by atoms with Gasteiger partial charge in [-0.1, -0.05) is 25.1 Å². The Hall–Kier alpha value is -2.53. The van der Waals surface area contributed by atoms with Crippen molar-refractivity contribution < 1.29 is 14.3 Å². The van der Waals surface area contributed by atoms with Crippen molar-refractivity contribution in [2.45, 2.75) is 19.8 Å². The molecule has 0 atom stereocenters. The highest BCUT2D eigenvalue weighted by Gasteiger charge is 2.06. The van der Waals surface area contributed by atoms with Gasteiger partial charge in [0.05, 0.1) is 6.61 Å². The minimum Gasteiger partial charge on any atom is -0.494 e. The van der Waals surface area contributed by atoms with Gasteiger partial charge in [-0.05, 0) is 62.8 Å². The zero-order valence-corrected chi connectivity index (χ0v) is 15.8. The summed E-state index contributed by atoms with van der Waals surface area (Å²) >= 11 is 0. The predicted molar refractivity (Wildman–Crippen MR) is 105 cm³/mol. The Labute approximate surface area is 155 Å². The van der Waals surface area contributed by atoms with Gasteiger partial charge in [-0.3, -0.25) is 4.79 Å². The molecule has 1 amide bonds. The molecule has 0 spiro atoms. The lowest BCUT2D eigenvalue weighted by atomic mass is 10.1. The van der Waals surface area contributed by atoms with E-state index in [4.69, 9.17) is 9.47 Å². The number of ether oxygens (including phenoxy) is 2. The number of para-hydroxylation sites is 1. The van der Waals surface area contributed by atoms with Crippen molar-refractivity contribution in [1.82, 2.24) is 4.90 Å². The van der Waals surface area contributed by atoms with Crippen LogP contribution in [-0.4, -0.2) is 44.7 Å². The van der Waals surface area contributed by atoms with Crippen LogP contribution >= 0.6 is 0 Å². The Bertz CT molecular complexity index is 684. The molecule has 26 heavy (non-hydrogen) atoms. The van der Waals surface area contributed by atoms with Crippen molar-refractivity contribution in [2.24, 2.45) is 0 Å². The Kier molecular flexibility index (Phi) is 7.96. The molecule has 0 aliphatic heterocycles. The van der Waals surface area contributed by atoms with Crippen molar-refractivity contribution in [3.05, 3.63) is 54.1 Å². The van der Waals surface area contributed by atoms with Crippen LogP contribution in [0.4, 0.5) is 5.69 Å². The molecule has 0 saturated heterocycles. The molecule has 2 rings (SSSR count). The van der Waals surface area contributed by atoms with Gasteiger partial charge in [0.25, 0.3) is 5.91 Å². The highest BCUT2D eigenvalue weighted by atomic mass is 16.5. The Morgan fingerprint density at radius 2 is 1.77 bits per heavy atom. The summed E-state index contributed by atoms with van der Waals surface area (Å²) in [4.78, 5) is 14.2. The third-order valence-electron chi connectivity index (χ3n) is 3.87. The molecule has 0 bridgehead atoms. The predicted octanol–water partition coefficient (Wildman–Crippen LogP) is 3.60. The van der Waals surface area contributed by atoms with Crippen LogP contribution in [0.1, 0.15) is 18.9 Å². The minimum absolute atomic E-state index is 0.0141. The number of aryl methyl sites for hydroxylation is 1. The number of amides is 1. The highest BCUT2D eigenvalue weighted by Crippen LogP contribution is 2.19. The second-order valence-corrected chi connectivity index (χ2v) is 6.33. The SMILES string of the molecule is CCc1ccccc1OCC(=O)Nc1ccc(OCCCN(C)C)cc1. The van der Waals surface area contributed by atoms with Crippen molar-refractivity contribution in [3.8, 4) is 11.5 Å². The van der Waals surface area contributed by atoms with Crippen LogP contribution in [0.15, 0.2) is 48.5 Å².